The molecular weight excluding hydrogens is 268 g/mol. The zero-order valence-corrected chi connectivity index (χ0v) is 11.1. The summed E-state index contributed by atoms with van der Waals surface area (Å²) < 4.78 is 31.2. The van der Waals surface area contributed by atoms with Crippen molar-refractivity contribution in [1.29, 1.82) is 0 Å². The highest BCUT2D eigenvalue weighted by atomic mass is 32.2. The van der Waals surface area contributed by atoms with Crippen molar-refractivity contribution in [3.05, 3.63) is 36.0 Å². The summed E-state index contributed by atoms with van der Waals surface area (Å²) in [6, 6.07) is 4.77. The monoisotopic (exact) mass is 282 g/mol. The molecule has 0 spiro atoms. The Morgan fingerprint density at radius 3 is 2.89 bits per heavy atom. The molecule has 8 heteroatoms. The van der Waals surface area contributed by atoms with E-state index in [2.05, 4.69) is 19.4 Å². The standard InChI is InChI=1S/C11H14N4O3S/c1-8-2-3-9(12)6-10(8)19(16,17)14-5-4-11-13-7-18-15-11/h2-3,6-7,14H,4-5,12H2,1H3. The van der Waals surface area contributed by atoms with Crippen LogP contribution >= 0.6 is 0 Å². The molecule has 0 fully saturated rings. The Kier molecular flexibility index (Phi) is 3.82. The fourth-order valence-corrected chi connectivity index (χ4v) is 2.89. The lowest BCUT2D eigenvalue weighted by atomic mass is 10.2. The number of sulfonamides is 1. The number of nitrogens with two attached hydrogens (primary N) is 1. The normalized spacial score (nSPS) is 11.6. The molecule has 0 saturated heterocycles. The fourth-order valence-electron chi connectivity index (χ4n) is 1.58. The van der Waals surface area contributed by atoms with Gasteiger partial charge in [-0.05, 0) is 24.6 Å². The van der Waals surface area contributed by atoms with Gasteiger partial charge in [0.1, 0.15) is 0 Å². The Labute approximate surface area is 110 Å². The molecule has 1 aromatic carbocycles. The molecular formula is C11H14N4O3S. The van der Waals surface area contributed by atoms with Crippen LogP contribution in [0.2, 0.25) is 0 Å². The fraction of sp³-hybridized carbons (Fsp3) is 0.273. The number of benzene rings is 1. The predicted molar refractivity (Wildman–Crippen MR) is 68.8 cm³/mol. The predicted octanol–water partition coefficient (Wildman–Crippen LogP) is 0.481. The summed E-state index contributed by atoms with van der Waals surface area (Å²) in [5, 5.41) is 3.60. The maximum Gasteiger partial charge on any atom is 0.240 e. The first-order valence-electron chi connectivity index (χ1n) is 5.60. The van der Waals surface area contributed by atoms with E-state index in [-0.39, 0.29) is 11.4 Å². The molecule has 19 heavy (non-hydrogen) atoms. The zero-order valence-electron chi connectivity index (χ0n) is 10.3. The number of anilines is 1. The van der Waals surface area contributed by atoms with Gasteiger partial charge >= 0.3 is 0 Å². The highest BCUT2D eigenvalue weighted by molar-refractivity contribution is 7.89. The van der Waals surface area contributed by atoms with Crippen LogP contribution in [0.3, 0.4) is 0 Å². The molecule has 2 aromatic rings. The van der Waals surface area contributed by atoms with E-state index in [1.54, 1.807) is 19.1 Å². The third-order valence-electron chi connectivity index (χ3n) is 2.55. The van der Waals surface area contributed by atoms with Crippen molar-refractivity contribution in [2.24, 2.45) is 0 Å². The molecule has 7 nitrogen and oxygen atoms in total. The molecule has 0 unspecified atom stereocenters. The third kappa shape index (κ3) is 3.30. The van der Waals surface area contributed by atoms with Crippen LogP contribution < -0.4 is 10.5 Å². The number of hydrogen-bond donors (Lipinski definition) is 2. The van der Waals surface area contributed by atoms with E-state index in [1.807, 2.05) is 0 Å². The summed E-state index contributed by atoms with van der Waals surface area (Å²) in [7, 11) is -3.58. The summed E-state index contributed by atoms with van der Waals surface area (Å²) in [5.41, 5.74) is 6.65. The summed E-state index contributed by atoms with van der Waals surface area (Å²) in [5.74, 6) is 0.451. The van der Waals surface area contributed by atoms with Crippen molar-refractivity contribution in [2.45, 2.75) is 18.2 Å². The van der Waals surface area contributed by atoms with E-state index in [0.717, 1.165) is 0 Å². The molecule has 1 aromatic heterocycles. The van der Waals surface area contributed by atoms with Gasteiger partial charge in [-0.15, -0.1) is 0 Å². The van der Waals surface area contributed by atoms with Gasteiger partial charge in [0.2, 0.25) is 16.4 Å². The lowest BCUT2D eigenvalue weighted by molar-refractivity contribution is 0.410. The molecule has 102 valence electrons. The van der Waals surface area contributed by atoms with Crippen LogP contribution in [0.4, 0.5) is 5.69 Å². The highest BCUT2D eigenvalue weighted by Crippen LogP contribution is 2.17. The van der Waals surface area contributed by atoms with Gasteiger partial charge in [-0.1, -0.05) is 11.2 Å². The maximum absolute atomic E-state index is 12.1. The van der Waals surface area contributed by atoms with Gasteiger partial charge in [-0.25, -0.2) is 13.1 Å². The number of hydrogen-bond acceptors (Lipinski definition) is 6. The van der Waals surface area contributed by atoms with E-state index >= 15 is 0 Å². The number of rotatable bonds is 5. The third-order valence-corrected chi connectivity index (χ3v) is 4.15. The molecule has 0 aliphatic carbocycles. The Morgan fingerprint density at radius 2 is 2.21 bits per heavy atom. The van der Waals surface area contributed by atoms with Gasteiger partial charge in [-0.2, -0.15) is 4.98 Å². The van der Waals surface area contributed by atoms with Crippen molar-refractivity contribution < 1.29 is 12.9 Å². The van der Waals surface area contributed by atoms with Gasteiger partial charge in [0, 0.05) is 18.7 Å². The summed E-state index contributed by atoms with van der Waals surface area (Å²) in [6.45, 7) is 1.91. The van der Waals surface area contributed by atoms with Gasteiger partial charge in [0.15, 0.2) is 5.82 Å². The average Bonchev–Trinajstić information content (AvgIpc) is 2.85. The molecule has 3 N–H and O–H groups in total. The van der Waals surface area contributed by atoms with Crippen LogP contribution in [-0.4, -0.2) is 25.1 Å². The van der Waals surface area contributed by atoms with Crippen LogP contribution in [0, 0.1) is 6.92 Å². The quantitative estimate of drug-likeness (QED) is 0.772. The van der Waals surface area contributed by atoms with Crippen LogP contribution in [-0.2, 0) is 16.4 Å². The molecule has 0 amide bonds. The van der Waals surface area contributed by atoms with Crippen LogP contribution in [0.5, 0.6) is 0 Å². The smallest absolute Gasteiger partial charge is 0.240 e. The van der Waals surface area contributed by atoms with Gasteiger partial charge < -0.3 is 10.3 Å². The van der Waals surface area contributed by atoms with E-state index in [1.165, 1.54) is 12.5 Å². The Bertz CT molecular complexity index is 653. The van der Waals surface area contributed by atoms with Crippen LogP contribution in [0.15, 0.2) is 34.0 Å². The second-order valence-corrected chi connectivity index (χ2v) is 5.76. The minimum Gasteiger partial charge on any atom is -0.399 e. The Hall–Kier alpha value is -1.93. The van der Waals surface area contributed by atoms with Crippen molar-refractivity contribution in [2.75, 3.05) is 12.3 Å². The lowest BCUT2D eigenvalue weighted by Crippen LogP contribution is -2.27. The van der Waals surface area contributed by atoms with Crippen molar-refractivity contribution in [3.63, 3.8) is 0 Å². The Balaban J connectivity index is 2.07. The minimum absolute atomic E-state index is 0.181. The molecule has 0 saturated carbocycles. The minimum atomic E-state index is -3.58. The molecule has 0 aliphatic heterocycles. The summed E-state index contributed by atoms with van der Waals surface area (Å²) in [4.78, 5) is 3.99. The first kappa shape index (κ1) is 13.5. The highest BCUT2D eigenvalue weighted by Gasteiger charge is 2.16. The van der Waals surface area contributed by atoms with Crippen molar-refractivity contribution in [3.8, 4) is 0 Å². The number of nitrogen functional groups attached to an aromatic ring is 1. The van der Waals surface area contributed by atoms with E-state index in [4.69, 9.17) is 5.73 Å². The SMILES string of the molecule is Cc1ccc(N)cc1S(=O)(=O)NCCc1ncon1. The molecule has 1 heterocycles. The number of aryl methyl sites for hydroxylation is 1. The van der Waals surface area contributed by atoms with Gasteiger partial charge in [0.05, 0.1) is 4.90 Å². The Morgan fingerprint density at radius 1 is 1.42 bits per heavy atom. The van der Waals surface area contributed by atoms with Crippen LogP contribution in [0.1, 0.15) is 11.4 Å². The number of aromatic nitrogens is 2. The lowest BCUT2D eigenvalue weighted by Gasteiger charge is -2.09. The topological polar surface area (TPSA) is 111 Å². The molecule has 0 atom stereocenters. The molecule has 0 radical (unpaired) electrons. The second kappa shape index (κ2) is 5.37. The van der Waals surface area contributed by atoms with Gasteiger partial charge in [-0.3, -0.25) is 0 Å². The largest absolute Gasteiger partial charge is 0.399 e. The number of nitrogens with one attached hydrogen (secondary N) is 1. The maximum atomic E-state index is 12.1. The molecule has 0 aliphatic rings. The molecule has 2 rings (SSSR count). The summed E-state index contributed by atoms with van der Waals surface area (Å²) >= 11 is 0. The van der Waals surface area contributed by atoms with E-state index in [9.17, 15) is 8.42 Å². The van der Waals surface area contributed by atoms with Crippen LogP contribution in [0.25, 0.3) is 0 Å². The zero-order chi connectivity index (χ0) is 13.9. The van der Waals surface area contributed by atoms with Gasteiger partial charge in [0.25, 0.3) is 0 Å². The van der Waals surface area contributed by atoms with E-state index in [0.29, 0.717) is 23.5 Å². The molecule has 0 bridgehead atoms. The first-order valence-corrected chi connectivity index (χ1v) is 7.08. The summed E-state index contributed by atoms with van der Waals surface area (Å²) in [6.07, 6.45) is 1.56. The van der Waals surface area contributed by atoms with E-state index < -0.39 is 10.0 Å². The first-order chi connectivity index (χ1) is 8.99. The number of nitrogens with zero attached hydrogens (tertiary/aromatic N) is 2. The average molecular weight is 282 g/mol. The van der Waals surface area contributed by atoms with Crippen molar-refractivity contribution >= 4 is 15.7 Å². The second-order valence-electron chi connectivity index (χ2n) is 4.02. The van der Waals surface area contributed by atoms with Crippen molar-refractivity contribution in [1.82, 2.24) is 14.9 Å².